The fraction of sp³-hybridized carbons (Fsp3) is 0.806. The van der Waals surface area contributed by atoms with Gasteiger partial charge in [0.1, 0.15) is 6.61 Å². The van der Waals surface area contributed by atoms with E-state index in [9.17, 15) is 14.2 Å². The van der Waals surface area contributed by atoms with Crippen molar-refractivity contribution in [2.24, 2.45) is 0 Å². The number of rotatable bonds is 28. The molecule has 0 fully saturated rings. The number of ether oxygens (including phenoxy) is 2. The van der Waals surface area contributed by atoms with E-state index in [1.54, 1.807) is 0 Å². The molecule has 0 aromatic carbocycles. The van der Waals surface area contributed by atoms with Crippen molar-refractivity contribution >= 4 is 19.8 Å². The standard InChI is InChI=1S/C31H57O8P/c1-3-5-7-9-11-13-15-17-19-21-23-25-30(32)37-27-29(28-38-40(34,35)36)39-31(33)26-24-22-20-18-16-14-12-10-8-6-4-2/h9-12,29H,3-8,13-28H2,1-2H3,(H2,34,35,36)/b11-9+,12-10+/t29-/m1/s1. The first-order chi connectivity index (χ1) is 19.3. The monoisotopic (exact) mass is 588 g/mol. The molecule has 8 nitrogen and oxygen atoms in total. The Morgan fingerprint density at radius 2 is 1.05 bits per heavy atom. The van der Waals surface area contributed by atoms with E-state index in [4.69, 9.17) is 19.3 Å². The highest BCUT2D eigenvalue weighted by Crippen LogP contribution is 2.35. The molecule has 0 spiro atoms. The van der Waals surface area contributed by atoms with E-state index >= 15 is 0 Å². The number of hydrogen-bond acceptors (Lipinski definition) is 6. The Labute approximate surface area is 243 Å². The minimum Gasteiger partial charge on any atom is -0.462 e. The molecule has 2 N–H and O–H groups in total. The summed E-state index contributed by atoms with van der Waals surface area (Å²) in [6, 6.07) is 0. The lowest BCUT2D eigenvalue weighted by Crippen LogP contribution is -2.29. The third-order valence-electron chi connectivity index (χ3n) is 6.44. The molecule has 0 aliphatic carbocycles. The molecule has 1 atom stereocenters. The molecular weight excluding hydrogens is 531 g/mol. The molecule has 0 heterocycles. The van der Waals surface area contributed by atoms with Crippen molar-refractivity contribution in [2.75, 3.05) is 13.2 Å². The Hall–Kier alpha value is -1.47. The highest BCUT2D eigenvalue weighted by Gasteiger charge is 2.22. The lowest BCUT2D eigenvalue weighted by molar-refractivity contribution is -0.161. The lowest BCUT2D eigenvalue weighted by Gasteiger charge is -2.18. The molecule has 0 rings (SSSR count). The van der Waals surface area contributed by atoms with Crippen LogP contribution in [0.3, 0.4) is 0 Å². The summed E-state index contributed by atoms with van der Waals surface area (Å²) in [4.78, 5) is 42.3. The first kappa shape index (κ1) is 38.5. The summed E-state index contributed by atoms with van der Waals surface area (Å²) >= 11 is 0. The summed E-state index contributed by atoms with van der Waals surface area (Å²) in [6.07, 6.45) is 27.6. The Kier molecular flexibility index (Phi) is 26.7. The van der Waals surface area contributed by atoms with E-state index in [1.807, 2.05) is 0 Å². The maximum Gasteiger partial charge on any atom is 0.469 e. The average Bonchev–Trinajstić information content (AvgIpc) is 2.91. The van der Waals surface area contributed by atoms with Crippen LogP contribution in [0.2, 0.25) is 0 Å². The smallest absolute Gasteiger partial charge is 0.462 e. The summed E-state index contributed by atoms with van der Waals surface area (Å²) < 4.78 is 26.1. The molecule has 0 unspecified atom stereocenters. The van der Waals surface area contributed by atoms with Gasteiger partial charge in [0.05, 0.1) is 6.61 Å². The van der Waals surface area contributed by atoms with Crippen LogP contribution >= 0.6 is 7.82 Å². The number of carbonyl (C=O) groups is 2. The fourth-order valence-corrected chi connectivity index (χ4v) is 4.40. The minimum absolute atomic E-state index is 0.200. The van der Waals surface area contributed by atoms with Crippen molar-refractivity contribution in [2.45, 2.75) is 148 Å². The molecule has 0 saturated heterocycles. The van der Waals surface area contributed by atoms with Gasteiger partial charge in [-0.1, -0.05) is 102 Å². The number of hydrogen-bond donors (Lipinski definition) is 2. The van der Waals surface area contributed by atoms with Gasteiger partial charge in [0.2, 0.25) is 0 Å². The van der Waals surface area contributed by atoms with Crippen LogP contribution in [-0.2, 0) is 28.2 Å². The van der Waals surface area contributed by atoms with E-state index in [1.165, 1.54) is 25.7 Å². The van der Waals surface area contributed by atoms with Crippen molar-refractivity contribution in [3.8, 4) is 0 Å². The molecule has 234 valence electrons. The summed E-state index contributed by atoms with van der Waals surface area (Å²) in [6.45, 7) is 3.55. The molecule has 0 aliphatic heterocycles. The zero-order chi connectivity index (χ0) is 29.7. The van der Waals surface area contributed by atoms with Crippen LogP contribution in [0, 0.1) is 0 Å². The lowest BCUT2D eigenvalue weighted by atomic mass is 10.1. The second-order valence-electron chi connectivity index (χ2n) is 10.4. The highest BCUT2D eigenvalue weighted by atomic mass is 31.2. The Balaban J connectivity index is 4.08. The van der Waals surface area contributed by atoms with Crippen LogP contribution in [0.4, 0.5) is 0 Å². The van der Waals surface area contributed by atoms with E-state index in [0.717, 1.165) is 77.0 Å². The molecular formula is C31H57O8P. The normalized spacial score (nSPS) is 12.8. The predicted octanol–water partition coefficient (Wildman–Crippen LogP) is 8.50. The Morgan fingerprint density at radius 3 is 1.52 bits per heavy atom. The van der Waals surface area contributed by atoms with Gasteiger partial charge in [-0.2, -0.15) is 0 Å². The SMILES string of the molecule is CCCC/C=C/CCCCCCCC(=O)OC[C@H](COP(=O)(O)O)OC(=O)CCCCCCC/C=C/CCCC. The van der Waals surface area contributed by atoms with E-state index in [2.05, 4.69) is 42.7 Å². The van der Waals surface area contributed by atoms with Gasteiger partial charge in [0, 0.05) is 12.8 Å². The molecule has 0 aromatic heterocycles. The van der Waals surface area contributed by atoms with Gasteiger partial charge in [-0.3, -0.25) is 14.1 Å². The maximum absolute atomic E-state index is 12.2. The van der Waals surface area contributed by atoms with Crippen molar-refractivity contribution in [1.82, 2.24) is 0 Å². The first-order valence-electron chi connectivity index (χ1n) is 15.6. The molecule has 9 heteroatoms. The molecule has 40 heavy (non-hydrogen) atoms. The predicted molar refractivity (Wildman–Crippen MR) is 161 cm³/mol. The third kappa shape index (κ3) is 29.5. The number of allylic oxidation sites excluding steroid dienone is 4. The Bertz CT molecular complexity index is 716. The molecule has 0 aliphatic rings. The number of phosphoric ester groups is 1. The fourth-order valence-electron chi connectivity index (χ4n) is 4.04. The zero-order valence-electron chi connectivity index (χ0n) is 25.2. The van der Waals surface area contributed by atoms with Crippen LogP contribution in [0.1, 0.15) is 142 Å². The highest BCUT2D eigenvalue weighted by molar-refractivity contribution is 7.46. The van der Waals surface area contributed by atoms with E-state index in [0.29, 0.717) is 12.8 Å². The number of carbonyl (C=O) groups excluding carboxylic acids is 2. The van der Waals surface area contributed by atoms with Crippen molar-refractivity contribution in [1.29, 1.82) is 0 Å². The molecule has 0 amide bonds. The minimum atomic E-state index is -4.74. The first-order valence-corrected chi connectivity index (χ1v) is 17.2. The summed E-state index contributed by atoms with van der Waals surface area (Å²) in [7, 11) is -4.74. The van der Waals surface area contributed by atoms with Gasteiger partial charge in [-0.05, 0) is 51.4 Å². The second kappa shape index (κ2) is 27.7. The van der Waals surface area contributed by atoms with Crippen LogP contribution in [0.5, 0.6) is 0 Å². The maximum atomic E-state index is 12.2. The third-order valence-corrected chi connectivity index (χ3v) is 6.93. The van der Waals surface area contributed by atoms with Crippen LogP contribution in [0.15, 0.2) is 24.3 Å². The zero-order valence-corrected chi connectivity index (χ0v) is 26.1. The summed E-state index contributed by atoms with van der Waals surface area (Å²) in [5.74, 6) is -0.911. The number of phosphoric acid groups is 1. The van der Waals surface area contributed by atoms with Gasteiger partial charge in [-0.25, -0.2) is 4.57 Å². The topological polar surface area (TPSA) is 119 Å². The van der Waals surface area contributed by atoms with Crippen LogP contribution in [-0.4, -0.2) is 41.0 Å². The average molecular weight is 589 g/mol. The largest absolute Gasteiger partial charge is 0.469 e. The van der Waals surface area contributed by atoms with E-state index < -0.39 is 32.5 Å². The van der Waals surface area contributed by atoms with Gasteiger partial charge < -0.3 is 19.3 Å². The molecule has 0 bridgehead atoms. The van der Waals surface area contributed by atoms with Crippen molar-refractivity contribution in [3.63, 3.8) is 0 Å². The van der Waals surface area contributed by atoms with Gasteiger partial charge in [0.15, 0.2) is 6.10 Å². The van der Waals surface area contributed by atoms with Crippen molar-refractivity contribution < 1.29 is 37.9 Å². The molecule has 0 saturated carbocycles. The van der Waals surface area contributed by atoms with Gasteiger partial charge >= 0.3 is 19.8 Å². The Morgan fingerprint density at radius 1 is 0.625 bits per heavy atom. The van der Waals surface area contributed by atoms with Gasteiger partial charge in [-0.15, -0.1) is 0 Å². The molecule has 0 aromatic rings. The van der Waals surface area contributed by atoms with Crippen molar-refractivity contribution in [3.05, 3.63) is 24.3 Å². The second-order valence-corrected chi connectivity index (χ2v) is 11.7. The van der Waals surface area contributed by atoms with Gasteiger partial charge in [0.25, 0.3) is 0 Å². The summed E-state index contributed by atoms with van der Waals surface area (Å²) in [5, 5.41) is 0. The number of esters is 2. The number of unbranched alkanes of at least 4 members (excludes halogenated alkanes) is 14. The van der Waals surface area contributed by atoms with Crippen LogP contribution in [0.25, 0.3) is 0 Å². The quantitative estimate of drug-likeness (QED) is 0.0404. The summed E-state index contributed by atoms with van der Waals surface area (Å²) in [5.41, 5.74) is 0. The van der Waals surface area contributed by atoms with Crippen LogP contribution < -0.4 is 0 Å². The molecule has 0 radical (unpaired) electrons. The van der Waals surface area contributed by atoms with E-state index in [-0.39, 0.29) is 19.4 Å².